The first-order valence-corrected chi connectivity index (χ1v) is 5.72. The summed E-state index contributed by atoms with van der Waals surface area (Å²) in [4.78, 5) is 35.4. The average molecular weight is 255 g/mol. The quantitative estimate of drug-likeness (QED) is 0.422. The Morgan fingerprint density at radius 2 is 1.67 bits per heavy atom. The first kappa shape index (κ1) is 16.4. The molecule has 0 rings (SSSR count). The molecule has 0 atom stereocenters. The molecule has 0 aromatic heterocycles. The average Bonchev–Trinajstić information content (AvgIpc) is 2.20. The van der Waals surface area contributed by atoms with Crippen LogP contribution < -0.4 is 0 Å². The first-order valence-electron chi connectivity index (χ1n) is 5.72. The molecule has 0 saturated carbocycles. The predicted octanol–water partition coefficient (Wildman–Crippen LogP) is 1.32. The fourth-order valence-electron chi connectivity index (χ4n) is 1.28. The second kappa shape index (κ2) is 6.33. The number of hydrogen-bond donors (Lipinski definition) is 0. The maximum Gasteiger partial charge on any atom is 0.333 e. The van der Waals surface area contributed by atoms with Crippen LogP contribution in [0.25, 0.3) is 0 Å². The number of Topliss-reactive ketones (excluding diaryl/α,β-unsaturated/α-hetero) is 1. The van der Waals surface area contributed by atoms with Crippen LogP contribution >= 0.6 is 0 Å². The lowest BCUT2D eigenvalue weighted by atomic mass is 10.1. The third-order valence-corrected chi connectivity index (χ3v) is 2.25. The van der Waals surface area contributed by atoms with Crippen molar-refractivity contribution in [3.8, 4) is 0 Å². The second-order valence-corrected chi connectivity index (χ2v) is 5.10. The van der Waals surface area contributed by atoms with E-state index in [1.165, 1.54) is 11.8 Å². The maximum absolute atomic E-state index is 11.7. The topological polar surface area (TPSA) is 63.7 Å². The van der Waals surface area contributed by atoms with E-state index in [-0.39, 0.29) is 13.2 Å². The van der Waals surface area contributed by atoms with Gasteiger partial charge in [0.05, 0.1) is 6.54 Å². The van der Waals surface area contributed by atoms with Gasteiger partial charge in [-0.3, -0.25) is 9.59 Å². The summed E-state index contributed by atoms with van der Waals surface area (Å²) in [6.07, 6.45) is 0. The minimum absolute atomic E-state index is 0.0436. The Morgan fingerprint density at radius 3 is 2.00 bits per heavy atom. The van der Waals surface area contributed by atoms with Crippen LogP contribution in [0.5, 0.6) is 0 Å². The highest BCUT2D eigenvalue weighted by Gasteiger charge is 2.28. The molecule has 0 aromatic rings. The number of hydrogen-bond acceptors (Lipinski definition) is 4. The van der Waals surface area contributed by atoms with Crippen LogP contribution in [-0.2, 0) is 19.1 Å². The molecule has 0 unspecified atom stereocenters. The van der Waals surface area contributed by atoms with Gasteiger partial charge in [0.2, 0.25) is 5.78 Å². The lowest BCUT2D eigenvalue weighted by Gasteiger charge is -2.34. The molecule has 0 fully saturated rings. The van der Waals surface area contributed by atoms with Crippen LogP contribution in [0, 0.1) is 0 Å². The molecule has 0 N–H and O–H groups in total. The zero-order valence-corrected chi connectivity index (χ0v) is 11.7. The van der Waals surface area contributed by atoms with Gasteiger partial charge in [-0.25, -0.2) is 4.79 Å². The molecule has 102 valence electrons. The standard InChI is InChI=1S/C13H21NO4/c1-9(2)12(17)18-8-7-14(13(4,5)6)11(16)10(3)15/h1,7-8H2,2-6H3. The van der Waals surface area contributed by atoms with Crippen molar-refractivity contribution in [3.63, 3.8) is 0 Å². The van der Waals surface area contributed by atoms with Gasteiger partial charge in [0, 0.05) is 18.0 Å². The number of esters is 1. The van der Waals surface area contributed by atoms with Gasteiger partial charge in [0.1, 0.15) is 6.61 Å². The molecule has 0 saturated heterocycles. The Morgan fingerprint density at radius 1 is 1.17 bits per heavy atom. The monoisotopic (exact) mass is 255 g/mol. The molecule has 0 radical (unpaired) electrons. The van der Waals surface area contributed by atoms with Crippen molar-refractivity contribution in [1.29, 1.82) is 0 Å². The van der Waals surface area contributed by atoms with Crippen LogP contribution in [0.2, 0.25) is 0 Å². The SMILES string of the molecule is C=C(C)C(=O)OCCN(C(=O)C(C)=O)C(C)(C)C. The largest absolute Gasteiger partial charge is 0.460 e. The van der Waals surface area contributed by atoms with E-state index in [1.54, 1.807) is 6.92 Å². The number of ether oxygens (including phenoxy) is 1. The Hall–Kier alpha value is -1.65. The molecule has 0 aromatic carbocycles. The molecule has 1 amide bonds. The highest BCUT2D eigenvalue weighted by molar-refractivity contribution is 6.35. The molecule has 0 aliphatic carbocycles. The van der Waals surface area contributed by atoms with Gasteiger partial charge in [-0.15, -0.1) is 0 Å². The molecule has 0 bridgehead atoms. The molecular formula is C13H21NO4. The summed E-state index contributed by atoms with van der Waals surface area (Å²) in [6.45, 7) is 11.9. The molecule has 0 aliphatic heterocycles. The Balaban J connectivity index is 4.55. The first-order chi connectivity index (χ1) is 8.07. The normalized spacial score (nSPS) is 10.7. The van der Waals surface area contributed by atoms with Crippen molar-refractivity contribution in [3.05, 3.63) is 12.2 Å². The van der Waals surface area contributed by atoms with Crippen molar-refractivity contribution in [1.82, 2.24) is 4.90 Å². The predicted molar refractivity (Wildman–Crippen MR) is 67.9 cm³/mol. The van der Waals surface area contributed by atoms with Crippen molar-refractivity contribution < 1.29 is 19.1 Å². The highest BCUT2D eigenvalue weighted by Crippen LogP contribution is 2.13. The number of carbonyl (C=O) groups excluding carboxylic acids is 3. The van der Waals surface area contributed by atoms with Gasteiger partial charge in [0.15, 0.2) is 0 Å². The fraction of sp³-hybridized carbons (Fsp3) is 0.615. The number of rotatable bonds is 5. The summed E-state index contributed by atoms with van der Waals surface area (Å²) < 4.78 is 4.92. The van der Waals surface area contributed by atoms with Crippen molar-refractivity contribution in [2.45, 2.75) is 40.2 Å². The van der Waals surface area contributed by atoms with E-state index < -0.39 is 23.2 Å². The van der Waals surface area contributed by atoms with E-state index in [1.807, 2.05) is 20.8 Å². The minimum Gasteiger partial charge on any atom is -0.460 e. The summed E-state index contributed by atoms with van der Waals surface area (Å²) in [5, 5.41) is 0. The van der Waals surface area contributed by atoms with Gasteiger partial charge < -0.3 is 9.64 Å². The molecule has 18 heavy (non-hydrogen) atoms. The lowest BCUT2D eigenvalue weighted by molar-refractivity contribution is -0.149. The van der Waals surface area contributed by atoms with Crippen LogP contribution in [0.15, 0.2) is 12.2 Å². The smallest absolute Gasteiger partial charge is 0.333 e. The van der Waals surface area contributed by atoms with Crippen LogP contribution in [-0.4, -0.2) is 41.3 Å². The van der Waals surface area contributed by atoms with Crippen molar-refractivity contribution in [2.75, 3.05) is 13.2 Å². The van der Waals surface area contributed by atoms with E-state index in [0.717, 1.165) is 0 Å². The van der Waals surface area contributed by atoms with E-state index in [4.69, 9.17) is 4.74 Å². The zero-order chi connectivity index (χ0) is 14.5. The number of carbonyl (C=O) groups is 3. The van der Waals surface area contributed by atoms with E-state index in [9.17, 15) is 14.4 Å². The van der Waals surface area contributed by atoms with Crippen LogP contribution in [0.4, 0.5) is 0 Å². The molecule has 0 heterocycles. The summed E-state index contributed by atoms with van der Waals surface area (Å²) >= 11 is 0. The van der Waals surface area contributed by atoms with E-state index >= 15 is 0 Å². The van der Waals surface area contributed by atoms with Crippen LogP contribution in [0.1, 0.15) is 34.6 Å². The van der Waals surface area contributed by atoms with Gasteiger partial charge in [-0.05, 0) is 27.7 Å². The van der Waals surface area contributed by atoms with E-state index in [0.29, 0.717) is 5.57 Å². The summed E-state index contributed by atoms with van der Waals surface area (Å²) in [5.41, 5.74) is -0.200. The van der Waals surface area contributed by atoms with Gasteiger partial charge >= 0.3 is 5.97 Å². The Kier molecular flexibility index (Phi) is 5.75. The van der Waals surface area contributed by atoms with Gasteiger partial charge in [0.25, 0.3) is 5.91 Å². The fourth-order valence-corrected chi connectivity index (χ4v) is 1.28. The Bertz CT molecular complexity index is 366. The summed E-state index contributed by atoms with van der Waals surface area (Å²) in [5.74, 6) is -1.61. The third-order valence-electron chi connectivity index (χ3n) is 2.25. The molecular weight excluding hydrogens is 234 g/mol. The van der Waals surface area contributed by atoms with Crippen LogP contribution in [0.3, 0.4) is 0 Å². The van der Waals surface area contributed by atoms with E-state index in [2.05, 4.69) is 6.58 Å². The summed E-state index contributed by atoms with van der Waals surface area (Å²) in [7, 11) is 0. The molecule has 5 heteroatoms. The lowest BCUT2D eigenvalue weighted by Crippen LogP contribution is -2.49. The van der Waals surface area contributed by atoms with Crippen molar-refractivity contribution >= 4 is 17.7 Å². The van der Waals surface area contributed by atoms with Gasteiger partial charge in [-0.2, -0.15) is 0 Å². The van der Waals surface area contributed by atoms with Crippen molar-refractivity contribution in [2.24, 2.45) is 0 Å². The maximum atomic E-state index is 11.7. The number of nitrogens with zero attached hydrogens (tertiary/aromatic N) is 1. The Labute approximate surface area is 108 Å². The number of amides is 1. The summed E-state index contributed by atoms with van der Waals surface area (Å²) in [6, 6.07) is 0. The third kappa shape index (κ3) is 5.12. The highest BCUT2D eigenvalue weighted by atomic mass is 16.5. The minimum atomic E-state index is -0.575. The molecule has 0 spiro atoms. The van der Waals surface area contributed by atoms with Gasteiger partial charge in [-0.1, -0.05) is 6.58 Å². The zero-order valence-electron chi connectivity index (χ0n) is 11.7. The second-order valence-electron chi connectivity index (χ2n) is 5.10. The molecule has 0 aliphatic rings. The number of ketones is 1. The molecule has 5 nitrogen and oxygen atoms in total.